The summed E-state index contributed by atoms with van der Waals surface area (Å²) in [6.07, 6.45) is 2.01. The van der Waals surface area contributed by atoms with E-state index in [1.54, 1.807) is 18.2 Å². The summed E-state index contributed by atoms with van der Waals surface area (Å²) in [5, 5.41) is 1.07. The molecular weight excluding hydrogens is 271 g/mol. The van der Waals surface area contributed by atoms with Crippen molar-refractivity contribution in [3.05, 3.63) is 28.2 Å². The predicted molar refractivity (Wildman–Crippen MR) is 73.5 cm³/mol. The van der Waals surface area contributed by atoms with E-state index < -0.39 is 0 Å². The third kappa shape index (κ3) is 2.12. The molecule has 0 spiro atoms. The van der Waals surface area contributed by atoms with Gasteiger partial charge in [-0.05, 0) is 31.0 Å². The van der Waals surface area contributed by atoms with Crippen LogP contribution in [0, 0.1) is 5.41 Å². The summed E-state index contributed by atoms with van der Waals surface area (Å²) in [6.45, 7) is 4.06. The van der Waals surface area contributed by atoms with Gasteiger partial charge in [0, 0.05) is 11.4 Å². The Hall–Kier alpha value is -0.730. The van der Waals surface area contributed by atoms with Crippen molar-refractivity contribution in [3.8, 4) is 5.75 Å². The summed E-state index contributed by atoms with van der Waals surface area (Å²) >= 11 is 11.9. The smallest absolute Gasteiger partial charge is 0.146 e. The van der Waals surface area contributed by atoms with Gasteiger partial charge < -0.3 is 4.74 Å². The zero-order chi connectivity index (χ0) is 13.3. The van der Waals surface area contributed by atoms with E-state index in [-0.39, 0.29) is 11.5 Å². The number of carbonyl (C=O) groups excluding carboxylic acids is 1. The quantitative estimate of drug-likeness (QED) is 0.813. The molecule has 1 aliphatic carbocycles. The van der Waals surface area contributed by atoms with Crippen molar-refractivity contribution in [1.82, 2.24) is 0 Å². The SMILES string of the molecule is CCC1(CC)C(=O)CC1Oc1ccc(Cl)cc1Cl. The number of hydrogen-bond donors (Lipinski definition) is 0. The molecule has 1 aliphatic rings. The van der Waals surface area contributed by atoms with Crippen molar-refractivity contribution >= 4 is 29.0 Å². The van der Waals surface area contributed by atoms with E-state index in [1.165, 1.54) is 0 Å². The Kier molecular flexibility index (Phi) is 3.88. The lowest BCUT2D eigenvalue weighted by Crippen LogP contribution is -2.56. The summed E-state index contributed by atoms with van der Waals surface area (Å²) in [7, 11) is 0. The van der Waals surface area contributed by atoms with Gasteiger partial charge in [0.2, 0.25) is 0 Å². The first-order chi connectivity index (χ1) is 8.53. The van der Waals surface area contributed by atoms with Crippen molar-refractivity contribution in [1.29, 1.82) is 0 Å². The lowest BCUT2D eigenvalue weighted by atomic mass is 9.61. The highest BCUT2D eigenvalue weighted by Gasteiger charge is 2.53. The standard InChI is InChI=1S/C14H16Cl2O2/c1-3-14(4-2)12(17)8-13(14)18-11-6-5-9(15)7-10(11)16/h5-7,13H,3-4,8H2,1-2H3. The molecule has 0 radical (unpaired) electrons. The van der Waals surface area contributed by atoms with E-state index in [1.807, 2.05) is 13.8 Å². The van der Waals surface area contributed by atoms with Gasteiger partial charge in [-0.1, -0.05) is 37.0 Å². The van der Waals surface area contributed by atoms with Crippen LogP contribution in [-0.2, 0) is 4.79 Å². The normalized spacial score (nSPS) is 21.6. The molecule has 18 heavy (non-hydrogen) atoms. The van der Waals surface area contributed by atoms with Crippen LogP contribution in [0.2, 0.25) is 10.0 Å². The van der Waals surface area contributed by atoms with Crippen LogP contribution in [0.1, 0.15) is 33.1 Å². The zero-order valence-corrected chi connectivity index (χ0v) is 12.0. The fraction of sp³-hybridized carbons (Fsp3) is 0.500. The van der Waals surface area contributed by atoms with Gasteiger partial charge in [0.15, 0.2) is 0 Å². The van der Waals surface area contributed by atoms with Crippen molar-refractivity contribution < 1.29 is 9.53 Å². The second-order valence-corrected chi connectivity index (χ2v) is 5.52. The van der Waals surface area contributed by atoms with Crippen LogP contribution >= 0.6 is 23.2 Å². The molecule has 0 saturated heterocycles. The van der Waals surface area contributed by atoms with Gasteiger partial charge in [0.25, 0.3) is 0 Å². The second kappa shape index (κ2) is 5.10. The first kappa shape index (κ1) is 13.7. The maximum absolute atomic E-state index is 11.8. The molecule has 1 saturated carbocycles. The topological polar surface area (TPSA) is 26.3 Å². The summed E-state index contributed by atoms with van der Waals surface area (Å²) in [6, 6.07) is 5.14. The largest absolute Gasteiger partial charge is 0.487 e. The molecule has 1 unspecified atom stereocenters. The molecule has 2 rings (SSSR count). The minimum absolute atomic E-state index is 0.0707. The Bertz CT molecular complexity index is 467. The van der Waals surface area contributed by atoms with Crippen LogP contribution < -0.4 is 4.74 Å². The summed E-state index contributed by atoms with van der Waals surface area (Å²) in [5.74, 6) is 0.896. The molecule has 0 bridgehead atoms. The number of carbonyl (C=O) groups is 1. The van der Waals surface area contributed by atoms with Gasteiger partial charge in [-0.3, -0.25) is 4.79 Å². The van der Waals surface area contributed by atoms with E-state index >= 15 is 0 Å². The highest BCUT2D eigenvalue weighted by Crippen LogP contribution is 2.46. The molecular formula is C14H16Cl2O2. The number of ether oxygens (including phenoxy) is 1. The molecule has 2 nitrogen and oxygen atoms in total. The van der Waals surface area contributed by atoms with Crippen molar-refractivity contribution in [2.75, 3.05) is 0 Å². The van der Waals surface area contributed by atoms with Crippen molar-refractivity contribution in [2.45, 2.75) is 39.2 Å². The van der Waals surface area contributed by atoms with Crippen LogP contribution in [0.4, 0.5) is 0 Å². The molecule has 0 aromatic heterocycles. The molecule has 1 aromatic rings. The van der Waals surface area contributed by atoms with E-state index in [0.717, 1.165) is 12.8 Å². The van der Waals surface area contributed by atoms with E-state index in [0.29, 0.717) is 28.0 Å². The second-order valence-electron chi connectivity index (χ2n) is 4.67. The Morgan fingerprint density at radius 2 is 2.00 bits per heavy atom. The van der Waals surface area contributed by atoms with E-state index in [9.17, 15) is 4.79 Å². The summed E-state index contributed by atoms with van der Waals surface area (Å²) in [5.41, 5.74) is -0.330. The van der Waals surface area contributed by atoms with Crippen LogP contribution in [-0.4, -0.2) is 11.9 Å². The molecule has 1 aromatic carbocycles. The molecule has 4 heteroatoms. The Morgan fingerprint density at radius 1 is 1.33 bits per heavy atom. The summed E-state index contributed by atoms with van der Waals surface area (Å²) in [4.78, 5) is 11.8. The van der Waals surface area contributed by atoms with Crippen LogP contribution in [0.25, 0.3) is 0 Å². The lowest BCUT2D eigenvalue weighted by molar-refractivity contribution is -0.153. The number of rotatable bonds is 4. The van der Waals surface area contributed by atoms with Crippen LogP contribution in [0.3, 0.4) is 0 Å². The average molecular weight is 287 g/mol. The Morgan fingerprint density at radius 3 is 2.50 bits per heavy atom. The average Bonchev–Trinajstić information content (AvgIpc) is 2.33. The maximum atomic E-state index is 11.8. The number of ketones is 1. The molecule has 0 amide bonds. The molecule has 0 heterocycles. The molecule has 98 valence electrons. The number of Topliss-reactive ketones (excluding diaryl/α,β-unsaturated/α-hetero) is 1. The van der Waals surface area contributed by atoms with Gasteiger partial charge in [-0.25, -0.2) is 0 Å². The first-order valence-corrected chi connectivity index (χ1v) is 6.94. The maximum Gasteiger partial charge on any atom is 0.146 e. The number of benzene rings is 1. The third-order valence-corrected chi connectivity index (χ3v) is 4.50. The molecule has 0 aliphatic heterocycles. The lowest BCUT2D eigenvalue weighted by Gasteiger charge is -2.46. The van der Waals surface area contributed by atoms with Crippen LogP contribution in [0.5, 0.6) is 5.75 Å². The van der Waals surface area contributed by atoms with E-state index in [2.05, 4.69) is 0 Å². The molecule has 1 fully saturated rings. The Balaban J connectivity index is 2.17. The monoisotopic (exact) mass is 286 g/mol. The zero-order valence-electron chi connectivity index (χ0n) is 10.5. The highest BCUT2D eigenvalue weighted by molar-refractivity contribution is 6.35. The molecule has 1 atom stereocenters. The van der Waals surface area contributed by atoms with Gasteiger partial charge >= 0.3 is 0 Å². The van der Waals surface area contributed by atoms with Crippen molar-refractivity contribution in [2.24, 2.45) is 5.41 Å². The fourth-order valence-corrected chi connectivity index (χ4v) is 3.05. The minimum Gasteiger partial charge on any atom is -0.487 e. The highest BCUT2D eigenvalue weighted by atomic mass is 35.5. The third-order valence-electron chi connectivity index (χ3n) is 3.97. The van der Waals surface area contributed by atoms with E-state index in [4.69, 9.17) is 27.9 Å². The van der Waals surface area contributed by atoms with Gasteiger partial charge in [0.05, 0.1) is 10.4 Å². The van der Waals surface area contributed by atoms with Gasteiger partial charge in [-0.15, -0.1) is 0 Å². The minimum atomic E-state index is -0.330. The van der Waals surface area contributed by atoms with Gasteiger partial charge in [0.1, 0.15) is 17.6 Å². The van der Waals surface area contributed by atoms with Crippen LogP contribution in [0.15, 0.2) is 18.2 Å². The first-order valence-electron chi connectivity index (χ1n) is 6.18. The predicted octanol–water partition coefficient (Wildman–Crippen LogP) is 4.52. The van der Waals surface area contributed by atoms with Crippen molar-refractivity contribution in [3.63, 3.8) is 0 Å². The fourth-order valence-electron chi connectivity index (χ4n) is 2.59. The van der Waals surface area contributed by atoms with Gasteiger partial charge in [-0.2, -0.15) is 0 Å². The number of halogens is 2. The Labute approximate surface area is 117 Å². The summed E-state index contributed by atoms with van der Waals surface area (Å²) < 4.78 is 5.89. The number of hydrogen-bond acceptors (Lipinski definition) is 2. The molecule has 0 N–H and O–H groups in total.